The molecule has 1 heterocycles. The van der Waals surface area contributed by atoms with Gasteiger partial charge >= 0.3 is 15.2 Å². The van der Waals surface area contributed by atoms with Crippen molar-refractivity contribution in [1.29, 1.82) is 0 Å². The highest BCUT2D eigenvalue weighted by molar-refractivity contribution is 7.72. The summed E-state index contributed by atoms with van der Waals surface area (Å²) < 4.78 is 22.0. The zero-order valence-corrected chi connectivity index (χ0v) is 10.3. The number of rotatable bonds is 5. The monoisotopic (exact) mass is 286 g/mol. The second-order valence-corrected chi connectivity index (χ2v) is 7.45. The number of H-pyrrole nitrogens is 1. The summed E-state index contributed by atoms with van der Waals surface area (Å²) in [7, 11) is -10.7. The molecular weight excluding hydrogens is 274 g/mol. The van der Waals surface area contributed by atoms with E-state index in [4.69, 9.17) is 19.6 Å². The Morgan fingerprint density at radius 2 is 1.76 bits per heavy atom. The van der Waals surface area contributed by atoms with E-state index in [1.807, 2.05) is 0 Å². The van der Waals surface area contributed by atoms with Gasteiger partial charge in [0.25, 0.3) is 5.08 Å². The second kappa shape index (κ2) is 4.62. The van der Waals surface area contributed by atoms with Crippen LogP contribution in [-0.4, -0.2) is 39.7 Å². The average molecular weight is 286 g/mol. The number of nitrogens with zero attached hydrogens (tertiary/aromatic N) is 1. The van der Waals surface area contributed by atoms with E-state index in [2.05, 4.69) is 9.97 Å². The van der Waals surface area contributed by atoms with Crippen LogP contribution in [-0.2, 0) is 15.6 Å². The molecule has 6 N–H and O–H groups in total. The van der Waals surface area contributed by atoms with Gasteiger partial charge in [-0.3, -0.25) is 9.13 Å². The number of aliphatic hydroxyl groups is 1. The number of aromatic nitrogens is 2. The molecule has 0 saturated carbocycles. The Morgan fingerprint density at radius 3 is 2.12 bits per heavy atom. The highest BCUT2D eigenvalue weighted by atomic mass is 31.2. The van der Waals surface area contributed by atoms with E-state index >= 15 is 0 Å². The fourth-order valence-corrected chi connectivity index (χ4v) is 3.35. The van der Waals surface area contributed by atoms with Crippen LogP contribution in [0.15, 0.2) is 12.5 Å². The van der Waals surface area contributed by atoms with E-state index in [1.165, 1.54) is 12.5 Å². The summed E-state index contributed by atoms with van der Waals surface area (Å²) in [6.07, 6.45) is 1.67. The zero-order valence-electron chi connectivity index (χ0n) is 8.46. The summed E-state index contributed by atoms with van der Waals surface area (Å²) in [6, 6.07) is 0. The molecule has 1 rings (SSSR count). The molecule has 0 aliphatic carbocycles. The number of hydrogen-bond acceptors (Lipinski definition) is 4. The summed E-state index contributed by atoms with van der Waals surface area (Å²) in [5, 5.41) is 6.15. The Labute approximate surface area is 95.9 Å². The Bertz CT molecular complexity index is 439. The SMILES string of the molecule is O=P(O)(O)C(O)(CCc1cnc[nH]1)P(=O)(O)O. The Morgan fingerprint density at radius 1 is 1.24 bits per heavy atom. The van der Waals surface area contributed by atoms with Gasteiger partial charge in [0.15, 0.2) is 0 Å². The number of imidazole rings is 1. The number of aryl methyl sites for hydroxylation is 1. The van der Waals surface area contributed by atoms with Gasteiger partial charge < -0.3 is 29.7 Å². The maximum atomic E-state index is 11.0. The summed E-state index contributed by atoms with van der Waals surface area (Å²) in [5.74, 6) is 0. The number of nitrogens with one attached hydrogen (secondary N) is 1. The lowest BCUT2D eigenvalue weighted by atomic mass is 10.2. The van der Waals surface area contributed by atoms with E-state index in [0.29, 0.717) is 5.69 Å². The second-order valence-electron chi connectivity index (χ2n) is 3.44. The molecule has 0 bridgehead atoms. The number of aromatic amines is 1. The summed E-state index contributed by atoms with van der Waals surface area (Å²) in [5.41, 5.74) is 0.394. The standard InChI is InChI=1S/C6H12N2O7P2/c9-6(16(10,11)12,17(13,14)15)2-1-5-3-7-4-8-5/h3-4,9H,1-2H2,(H,7,8)(H2,10,11,12)(H2,13,14,15). The molecule has 1 aromatic rings. The van der Waals surface area contributed by atoms with Gasteiger partial charge in [0, 0.05) is 18.3 Å². The van der Waals surface area contributed by atoms with Crippen LogP contribution in [0.4, 0.5) is 0 Å². The van der Waals surface area contributed by atoms with Gasteiger partial charge in [-0.15, -0.1) is 0 Å². The molecular formula is C6H12N2O7P2. The number of hydrogen-bond donors (Lipinski definition) is 6. The fraction of sp³-hybridized carbons (Fsp3) is 0.500. The van der Waals surface area contributed by atoms with Crippen LogP contribution < -0.4 is 0 Å². The maximum Gasteiger partial charge on any atom is 0.369 e. The van der Waals surface area contributed by atoms with Crippen LogP contribution in [0, 0.1) is 0 Å². The first-order valence-electron chi connectivity index (χ1n) is 4.39. The van der Waals surface area contributed by atoms with E-state index in [-0.39, 0.29) is 6.42 Å². The largest absolute Gasteiger partial charge is 0.369 e. The van der Waals surface area contributed by atoms with Crippen molar-refractivity contribution in [2.75, 3.05) is 0 Å². The molecule has 0 unspecified atom stereocenters. The minimum Gasteiger partial charge on any atom is -0.368 e. The fourth-order valence-electron chi connectivity index (χ4n) is 1.18. The highest BCUT2D eigenvalue weighted by Gasteiger charge is 2.58. The minimum absolute atomic E-state index is 0.160. The quantitative estimate of drug-likeness (QED) is 0.388. The van der Waals surface area contributed by atoms with E-state index in [1.54, 1.807) is 0 Å². The molecule has 0 aliphatic rings. The normalized spacial score (nSPS) is 13.9. The third-order valence-electron chi connectivity index (χ3n) is 2.22. The van der Waals surface area contributed by atoms with Gasteiger partial charge in [0.05, 0.1) is 6.33 Å². The first-order chi connectivity index (χ1) is 7.58. The molecule has 11 heteroatoms. The Balaban J connectivity index is 2.94. The molecule has 0 fully saturated rings. The molecule has 0 aromatic carbocycles. The third kappa shape index (κ3) is 3.02. The highest BCUT2D eigenvalue weighted by Crippen LogP contribution is 2.69. The first kappa shape index (κ1) is 14.5. The van der Waals surface area contributed by atoms with Crippen molar-refractivity contribution in [2.45, 2.75) is 17.9 Å². The maximum absolute atomic E-state index is 11.0. The van der Waals surface area contributed by atoms with Gasteiger partial charge in [-0.25, -0.2) is 4.98 Å². The lowest BCUT2D eigenvalue weighted by molar-refractivity contribution is 0.123. The van der Waals surface area contributed by atoms with Crippen LogP contribution in [0.3, 0.4) is 0 Å². The van der Waals surface area contributed by atoms with Gasteiger partial charge in [-0.1, -0.05) is 0 Å². The van der Waals surface area contributed by atoms with Gasteiger partial charge in [-0.05, 0) is 6.42 Å². The Hall–Kier alpha value is -0.530. The molecule has 0 spiro atoms. The molecule has 0 saturated heterocycles. The molecule has 0 amide bonds. The van der Waals surface area contributed by atoms with Crippen LogP contribution in [0.25, 0.3) is 0 Å². The lowest BCUT2D eigenvalue weighted by Gasteiger charge is -2.28. The summed E-state index contributed by atoms with van der Waals surface area (Å²) in [4.78, 5) is 41.6. The first-order valence-corrected chi connectivity index (χ1v) is 7.61. The van der Waals surface area contributed by atoms with Crippen molar-refractivity contribution in [1.82, 2.24) is 9.97 Å². The molecule has 0 radical (unpaired) electrons. The smallest absolute Gasteiger partial charge is 0.368 e. The van der Waals surface area contributed by atoms with E-state index in [9.17, 15) is 14.2 Å². The molecule has 0 aliphatic heterocycles. The molecule has 98 valence electrons. The van der Waals surface area contributed by atoms with Crippen molar-refractivity contribution in [3.05, 3.63) is 18.2 Å². The van der Waals surface area contributed by atoms with E-state index in [0.717, 1.165) is 0 Å². The van der Waals surface area contributed by atoms with Crippen LogP contribution in [0.1, 0.15) is 12.1 Å². The van der Waals surface area contributed by atoms with E-state index < -0.39 is 26.7 Å². The molecule has 17 heavy (non-hydrogen) atoms. The van der Waals surface area contributed by atoms with Crippen LogP contribution in [0.5, 0.6) is 0 Å². The van der Waals surface area contributed by atoms with Crippen molar-refractivity contribution in [3.8, 4) is 0 Å². The third-order valence-corrected chi connectivity index (χ3v) is 6.09. The topological polar surface area (TPSA) is 164 Å². The van der Waals surface area contributed by atoms with Gasteiger partial charge in [-0.2, -0.15) is 0 Å². The molecule has 9 nitrogen and oxygen atoms in total. The molecule has 0 atom stereocenters. The zero-order chi connectivity index (χ0) is 13.3. The lowest BCUT2D eigenvalue weighted by Crippen LogP contribution is -2.29. The predicted molar refractivity (Wildman–Crippen MR) is 55.9 cm³/mol. The van der Waals surface area contributed by atoms with Crippen molar-refractivity contribution in [2.24, 2.45) is 0 Å². The summed E-state index contributed by atoms with van der Waals surface area (Å²) >= 11 is 0. The Kier molecular flexibility index (Phi) is 3.95. The van der Waals surface area contributed by atoms with Crippen molar-refractivity contribution in [3.63, 3.8) is 0 Å². The van der Waals surface area contributed by atoms with Crippen molar-refractivity contribution >= 4 is 15.2 Å². The van der Waals surface area contributed by atoms with Crippen molar-refractivity contribution < 1.29 is 33.8 Å². The molecule has 1 aromatic heterocycles. The average Bonchev–Trinajstić information content (AvgIpc) is 2.62. The van der Waals surface area contributed by atoms with Gasteiger partial charge in [0.2, 0.25) is 0 Å². The predicted octanol–water partition coefficient (Wildman–Crippen LogP) is -0.656. The summed E-state index contributed by atoms with van der Waals surface area (Å²) in [6.45, 7) is 0. The minimum atomic E-state index is -5.37. The van der Waals surface area contributed by atoms with Crippen LogP contribution >= 0.6 is 15.2 Å². The van der Waals surface area contributed by atoms with Crippen LogP contribution in [0.2, 0.25) is 0 Å². The van der Waals surface area contributed by atoms with Gasteiger partial charge in [0.1, 0.15) is 0 Å².